The lowest BCUT2D eigenvalue weighted by molar-refractivity contribution is 0.0697. The van der Waals surface area contributed by atoms with Gasteiger partial charge in [0.25, 0.3) is 0 Å². The number of fused-ring (bicyclic) bond motifs is 1. The Kier molecular flexibility index (Phi) is 5.38. The molecule has 5 nitrogen and oxygen atoms in total. The predicted molar refractivity (Wildman–Crippen MR) is 121 cm³/mol. The summed E-state index contributed by atoms with van der Waals surface area (Å²) in [5.74, 6) is -2.47. The van der Waals surface area contributed by atoms with E-state index in [4.69, 9.17) is 0 Å². The quantitative estimate of drug-likeness (QED) is 0.384. The van der Waals surface area contributed by atoms with E-state index in [9.17, 15) is 29.1 Å². The third kappa shape index (κ3) is 3.80. The molecule has 0 radical (unpaired) electrons. The maximum atomic E-state index is 14.4. The van der Waals surface area contributed by atoms with Gasteiger partial charge in [-0.25, -0.2) is 13.6 Å². The first kappa shape index (κ1) is 22.0. The number of aromatic hydroxyl groups is 1. The maximum absolute atomic E-state index is 14.4. The number of carboxylic acids is 1. The Morgan fingerprint density at radius 2 is 1.67 bits per heavy atom. The molecule has 0 unspecified atom stereocenters. The number of aromatic carboxylic acids is 1. The molecule has 0 saturated heterocycles. The number of hydrogen-bond acceptors (Lipinski definition) is 3. The van der Waals surface area contributed by atoms with E-state index in [0.29, 0.717) is 33.4 Å². The first-order chi connectivity index (χ1) is 15.6. The second-order valence-electron chi connectivity index (χ2n) is 8.46. The van der Waals surface area contributed by atoms with Crippen molar-refractivity contribution in [1.29, 1.82) is 5.26 Å². The van der Waals surface area contributed by atoms with Crippen LogP contribution in [0, 0.1) is 23.0 Å². The van der Waals surface area contributed by atoms with Crippen LogP contribution in [-0.2, 0) is 5.41 Å². The predicted octanol–water partition coefficient (Wildman–Crippen LogP) is 6.17. The van der Waals surface area contributed by atoms with E-state index in [2.05, 4.69) is 6.07 Å². The fraction of sp³-hybridized carbons (Fsp3) is 0.154. The number of nitriles is 1. The molecule has 0 aliphatic carbocycles. The summed E-state index contributed by atoms with van der Waals surface area (Å²) in [6.07, 6.45) is 0.105. The summed E-state index contributed by atoms with van der Waals surface area (Å²) in [6.45, 7) is 3.71. The molecule has 166 valence electrons. The summed E-state index contributed by atoms with van der Waals surface area (Å²) in [6, 6.07) is 16.2. The minimum absolute atomic E-state index is 0.0918. The third-order valence-electron chi connectivity index (χ3n) is 5.68. The monoisotopic (exact) mass is 446 g/mol. The zero-order valence-electron chi connectivity index (χ0n) is 17.9. The molecule has 0 atom stereocenters. The van der Waals surface area contributed by atoms with E-state index >= 15 is 0 Å². The Hall–Kier alpha value is -4.18. The highest BCUT2D eigenvalue weighted by atomic mass is 19.1. The fourth-order valence-electron chi connectivity index (χ4n) is 4.20. The second kappa shape index (κ2) is 8.06. The van der Waals surface area contributed by atoms with Crippen molar-refractivity contribution in [3.63, 3.8) is 0 Å². The van der Waals surface area contributed by atoms with Crippen LogP contribution in [0.2, 0.25) is 0 Å². The zero-order valence-corrected chi connectivity index (χ0v) is 17.9. The highest BCUT2D eigenvalue weighted by Gasteiger charge is 2.33. The number of phenolic OH excluding ortho intramolecular Hbond substituents is 1. The van der Waals surface area contributed by atoms with E-state index in [1.54, 1.807) is 28.8 Å². The van der Waals surface area contributed by atoms with E-state index in [1.165, 1.54) is 30.3 Å². The Labute approximate surface area is 188 Å². The molecule has 3 aromatic carbocycles. The van der Waals surface area contributed by atoms with Crippen LogP contribution in [0.15, 0.2) is 60.7 Å². The molecule has 0 saturated carbocycles. The van der Waals surface area contributed by atoms with Crippen LogP contribution in [0.4, 0.5) is 8.78 Å². The van der Waals surface area contributed by atoms with E-state index in [1.807, 2.05) is 13.8 Å². The number of carbonyl (C=O) groups is 1. The van der Waals surface area contributed by atoms with E-state index in [-0.39, 0.29) is 17.7 Å². The van der Waals surface area contributed by atoms with Crippen molar-refractivity contribution in [2.45, 2.75) is 25.7 Å². The number of nitrogens with zero attached hydrogens (tertiary/aromatic N) is 2. The number of benzene rings is 3. The molecule has 0 spiro atoms. The molecular formula is C26H20F2N2O3. The lowest BCUT2D eigenvalue weighted by Gasteiger charge is -2.26. The van der Waals surface area contributed by atoms with Gasteiger partial charge in [0.2, 0.25) is 0 Å². The van der Waals surface area contributed by atoms with Gasteiger partial charge in [0.1, 0.15) is 17.4 Å². The number of aromatic nitrogens is 1. The molecule has 4 aromatic rings. The average molecular weight is 446 g/mol. The SMILES string of the molecule is CC(C)(CC#N)c1c(-c2ccc(C(=O)O)cc2)c2c(O)cc(F)cc2n1-c1ccc(F)cc1. The smallest absolute Gasteiger partial charge is 0.335 e. The zero-order chi connectivity index (χ0) is 23.9. The lowest BCUT2D eigenvalue weighted by Crippen LogP contribution is -2.21. The largest absolute Gasteiger partial charge is 0.507 e. The topological polar surface area (TPSA) is 86.2 Å². The van der Waals surface area contributed by atoms with Crippen molar-refractivity contribution in [3.8, 4) is 28.6 Å². The number of rotatable bonds is 5. The summed E-state index contributed by atoms with van der Waals surface area (Å²) in [5.41, 5.74) is 1.94. The molecule has 0 aliphatic rings. The summed E-state index contributed by atoms with van der Waals surface area (Å²) < 4.78 is 29.8. The molecule has 2 N–H and O–H groups in total. The maximum Gasteiger partial charge on any atom is 0.335 e. The second-order valence-corrected chi connectivity index (χ2v) is 8.46. The van der Waals surface area contributed by atoms with Crippen molar-refractivity contribution in [2.75, 3.05) is 0 Å². The van der Waals surface area contributed by atoms with Crippen molar-refractivity contribution < 1.29 is 23.8 Å². The van der Waals surface area contributed by atoms with Gasteiger partial charge in [0.15, 0.2) is 0 Å². The Morgan fingerprint density at radius 3 is 2.24 bits per heavy atom. The molecule has 0 aliphatic heterocycles. The number of hydrogen-bond donors (Lipinski definition) is 2. The standard InChI is InChI=1S/C26H20F2N2O3/c1-26(2,11-12-29)24-22(15-3-5-16(6-4-15)25(32)33)23-20(13-18(28)14-21(23)31)30(24)19-9-7-17(27)8-10-19/h3-10,13-14,31H,11H2,1-2H3,(H,32,33). The first-order valence-electron chi connectivity index (χ1n) is 10.2. The molecule has 7 heteroatoms. The molecule has 4 rings (SSSR count). The summed E-state index contributed by atoms with van der Waals surface area (Å²) in [5, 5.41) is 29.9. The highest BCUT2D eigenvalue weighted by Crippen LogP contribution is 2.47. The van der Waals surface area contributed by atoms with Gasteiger partial charge in [-0.05, 0) is 48.0 Å². The van der Waals surface area contributed by atoms with Crippen LogP contribution < -0.4 is 0 Å². The lowest BCUT2D eigenvalue weighted by atomic mass is 9.81. The number of phenols is 1. The van der Waals surface area contributed by atoms with Crippen molar-refractivity contribution in [2.24, 2.45) is 0 Å². The van der Waals surface area contributed by atoms with Crippen molar-refractivity contribution >= 4 is 16.9 Å². The number of halogens is 2. The Morgan fingerprint density at radius 1 is 1.03 bits per heavy atom. The normalized spacial score (nSPS) is 11.5. The van der Waals surface area contributed by atoms with Gasteiger partial charge < -0.3 is 14.8 Å². The van der Waals surface area contributed by atoms with Crippen LogP contribution in [0.1, 0.15) is 36.3 Å². The molecular weight excluding hydrogens is 426 g/mol. The molecule has 1 heterocycles. The van der Waals surface area contributed by atoms with Gasteiger partial charge in [0.05, 0.1) is 22.5 Å². The minimum Gasteiger partial charge on any atom is -0.507 e. The average Bonchev–Trinajstić information content (AvgIpc) is 3.10. The molecule has 0 bridgehead atoms. The van der Waals surface area contributed by atoms with Crippen LogP contribution in [0.5, 0.6) is 5.75 Å². The molecule has 33 heavy (non-hydrogen) atoms. The number of carboxylic acid groups (broad SMARTS) is 1. The van der Waals surface area contributed by atoms with Crippen molar-refractivity contribution in [1.82, 2.24) is 4.57 Å². The Bertz CT molecular complexity index is 1410. The van der Waals surface area contributed by atoms with Gasteiger partial charge in [0, 0.05) is 34.8 Å². The van der Waals surface area contributed by atoms with Gasteiger partial charge in [-0.1, -0.05) is 26.0 Å². The van der Waals surface area contributed by atoms with Gasteiger partial charge in [-0.15, -0.1) is 0 Å². The van der Waals surface area contributed by atoms with Gasteiger partial charge in [-0.3, -0.25) is 0 Å². The van der Waals surface area contributed by atoms with Crippen LogP contribution in [0.3, 0.4) is 0 Å². The minimum atomic E-state index is -1.08. The van der Waals surface area contributed by atoms with E-state index < -0.39 is 23.0 Å². The van der Waals surface area contributed by atoms with Gasteiger partial charge >= 0.3 is 5.97 Å². The summed E-state index contributed by atoms with van der Waals surface area (Å²) >= 11 is 0. The molecule has 1 aromatic heterocycles. The summed E-state index contributed by atoms with van der Waals surface area (Å²) in [7, 11) is 0. The Balaban J connectivity index is 2.19. The van der Waals surface area contributed by atoms with E-state index in [0.717, 1.165) is 6.07 Å². The van der Waals surface area contributed by atoms with Crippen LogP contribution >= 0.6 is 0 Å². The third-order valence-corrected chi connectivity index (χ3v) is 5.68. The highest BCUT2D eigenvalue weighted by molar-refractivity contribution is 6.04. The van der Waals surface area contributed by atoms with Crippen molar-refractivity contribution in [3.05, 3.63) is 83.6 Å². The molecule has 0 amide bonds. The fourth-order valence-corrected chi connectivity index (χ4v) is 4.20. The molecule has 0 fully saturated rings. The summed E-state index contributed by atoms with van der Waals surface area (Å²) in [4.78, 5) is 11.3. The van der Waals surface area contributed by atoms with Gasteiger partial charge in [-0.2, -0.15) is 5.26 Å². The van der Waals surface area contributed by atoms with Crippen LogP contribution in [0.25, 0.3) is 27.7 Å². The first-order valence-corrected chi connectivity index (χ1v) is 10.2. The van der Waals surface area contributed by atoms with Crippen LogP contribution in [-0.4, -0.2) is 20.7 Å².